The molecule has 1 nitrogen and oxygen atoms in total. The Kier molecular flexibility index (Phi) is 3.05. The van der Waals surface area contributed by atoms with E-state index < -0.39 is 6.17 Å². The molecule has 0 amide bonds. The molecular weight excluding hydrogens is 189 g/mol. The maximum atomic E-state index is 13.5. The Labute approximate surface area is 89.5 Å². The Hall–Kier alpha value is -1.31. The summed E-state index contributed by atoms with van der Waals surface area (Å²) >= 11 is 0. The minimum absolute atomic E-state index is 0.474. The van der Waals surface area contributed by atoms with Gasteiger partial charge >= 0.3 is 0 Å². The lowest BCUT2D eigenvalue weighted by Gasteiger charge is -2.09. The van der Waals surface area contributed by atoms with E-state index >= 15 is 0 Å². The van der Waals surface area contributed by atoms with Gasteiger partial charge in [-0.05, 0) is 23.9 Å². The Morgan fingerprint density at radius 3 is 2.87 bits per heavy atom. The SMILES string of the molecule is CCC[C@@H](F)Cn1ccc2ccccc21. The first-order valence-corrected chi connectivity index (χ1v) is 5.49. The molecule has 0 aliphatic carbocycles. The van der Waals surface area contributed by atoms with Crippen molar-refractivity contribution in [2.75, 3.05) is 0 Å². The van der Waals surface area contributed by atoms with Crippen LogP contribution in [-0.2, 0) is 6.54 Å². The molecule has 0 radical (unpaired) electrons. The van der Waals surface area contributed by atoms with Crippen LogP contribution in [0.5, 0.6) is 0 Å². The van der Waals surface area contributed by atoms with Gasteiger partial charge in [0.25, 0.3) is 0 Å². The fourth-order valence-corrected chi connectivity index (χ4v) is 1.92. The van der Waals surface area contributed by atoms with E-state index in [0.717, 1.165) is 11.9 Å². The van der Waals surface area contributed by atoms with Gasteiger partial charge in [-0.15, -0.1) is 0 Å². The summed E-state index contributed by atoms with van der Waals surface area (Å²) < 4.78 is 15.5. The van der Waals surface area contributed by atoms with Crippen molar-refractivity contribution >= 4 is 10.9 Å². The molecule has 2 heteroatoms. The van der Waals surface area contributed by atoms with Crippen molar-refractivity contribution in [2.24, 2.45) is 0 Å². The zero-order chi connectivity index (χ0) is 10.7. The average molecular weight is 205 g/mol. The summed E-state index contributed by atoms with van der Waals surface area (Å²) in [5.41, 5.74) is 1.12. The summed E-state index contributed by atoms with van der Waals surface area (Å²) in [6, 6.07) is 10.1. The monoisotopic (exact) mass is 205 g/mol. The van der Waals surface area contributed by atoms with E-state index in [2.05, 4.69) is 6.07 Å². The average Bonchev–Trinajstić information content (AvgIpc) is 2.62. The molecule has 1 aromatic carbocycles. The molecule has 2 rings (SSSR count). The van der Waals surface area contributed by atoms with Gasteiger partial charge in [0.2, 0.25) is 0 Å². The Morgan fingerprint density at radius 1 is 1.27 bits per heavy atom. The first kappa shape index (κ1) is 10.2. The molecule has 0 aliphatic heterocycles. The molecule has 1 heterocycles. The molecule has 0 fully saturated rings. The number of alkyl halides is 1. The van der Waals surface area contributed by atoms with E-state index in [0.29, 0.717) is 13.0 Å². The number of aromatic nitrogens is 1. The van der Waals surface area contributed by atoms with Crippen LogP contribution in [0.25, 0.3) is 10.9 Å². The molecule has 0 saturated heterocycles. The second-order valence-electron chi connectivity index (χ2n) is 3.91. The van der Waals surface area contributed by atoms with E-state index in [1.54, 1.807) is 0 Å². The zero-order valence-electron chi connectivity index (χ0n) is 8.99. The lowest BCUT2D eigenvalue weighted by Crippen LogP contribution is -2.10. The highest BCUT2D eigenvalue weighted by atomic mass is 19.1. The van der Waals surface area contributed by atoms with Crippen LogP contribution < -0.4 is 0 Å². The van der Waals surface area contributed by atoms with E-state index in [9.17, 15) is 4.39 Å². The van der Waals surface area contributed by atoms with Crippen molar-refractivity contribution in [3.05, 3.63) is 36.5 Å². The maximum absolute atomic E-state index is 13.5. The van der Waals surface area contributed by atoms with Crippen LogP contribution in [0, 0.1) is 0 Å². The highest BCUT2D eigenvalue weighted by Crippen LogP contribution is 2.16. The van der Waals surface area contributed by atoms with Gasteiger partial charge in [-0.3, -0.25) is 0 Å². The molecule has 0 aliphatic rings. The molecule has 0 bridgehead atoms. The lowest BCUT2D eigenvalue weighted by atomic mass is 10.2. The van der Waals surface area contributed by atoms with E-state index in [4.69, 9.17) is 0 Å². The van der Waals surface area contributed by atoms with Crippen LogP contribution in [0.4, 0.5) is 4.39 Å². The molecule has 2 aromatic rings. The molecule has 1 aromatic heterocycles. The van der Waals surface area contributed by atoms with E-state index in [1.807, 2.05) is 42.0 Å². The third-order valence-corrected chi connectivity index (χ3v) is 2.68. The molecule has 0 N–H and O–H groups in total. The largest absolute Gasteiger partial charge is 0.345 e. The van der Waals surface area contributed by atoms with Crippen LogP contribution in [0.2, 0.25) is 0 Å². The van der Waals surface area contributed by atoms with Crippen LogP contribution in [-0.4, -0.2) is 10.7 Å². The van der Waals surface area contributed by atoms with E-state index in [-0.39, 0.29) is 0 Å². The number of nitrogens with zero attached hydrogens (tertiary/aromatic N) is 1. The first-order chi connectivity index (χ1) is 7.31. The smallest absolute Gasteiger partial charge is 0.118 e. The fraction of sp³-hybridized carbons (Fsp3) is 0.385. The van der Waals surface area contributed by atoms with Crippen molar-refractivity contribution in [3.63, 3.8) is 0 Å². The predicted octanol–water partition coefficient (Wildman–Crippen LogP) is 3.78. The summed E-state index contributed by atoms with van der Waals surface area (Å²) in [6.07, 6.45) is 2.78. The summed E-state index contributed by atoms with van der Waals surface area (Å²) in [5, 5.41) is 1.18. The van der Waals surface area contributed by atoms with Crippen molar-refractivity contribution in [1.29, 1.82) is 0 Å². The van der Waals surface area contributed by atoms with E-state index in [1.165, 1.54) is 5.39 Å². The molecule has 80 valence electrons. The number of hydrogen-bond acceptors (Lipinski definition) is 0. The topological polar surface area (TPSA) is 4.93 Å². The highest BCUT2D eigenvalue weighted by molar-refractivity contribution is 5.79. The minimum atomic E-state index is -0.731. The fourth-order valence-electron chi connectivity index (χ4n) is 1.92. The van der Waals surface area contributed by atoms with Crippen molar-refractivity contribution in [1.82, 2.24) is 4.57 Å². The van der Waals surface area contributed by atoms with Gasteiger partial charge in [-0.2, -0.15) is 0 Å². The minimum Gasteiger partial charge on any atom is -0.345 e. The Bertz CT molecular complexity index is 433. The van der Waals surface area contributed by atoms with Crippen molar-refractivity contribution < 1.29 is 4.39 Å². The number of rotatable bonds is 4. The van der Waals surface area contributed by atoms with Gasteiger partial charge < -0.3 is 4.57 Å². The zero-order valence-corrected chi connectivity index (χ0v) is 8.99. The highest BCUT2D eigenvalue weighted by Gasteiger charge is 2.07. The normalized spacial score (nSPS) is 13.2. The lowest BCUT2D eigenvalue weighted by molar-refractivity contribution is 0.279. The standard InChI is InChI=1S/C13H16FN/c1-2-5-12(14)10-15-9-8-11-6-3-4-7-13(11)15/h3-4,6-9,12H,2,5,10H2,1H3/t12-/m1/s1. The quantitative estimate of drug-likeness (QED) is 0.715. The molecular formula is C13H16FN. The van der Waals surface area contributed by atoms with Gasteiger partial charge in [0.15, 0.2) is 0 Å². The molecule has 0 unspecified atom stereocenters. The summed E-state index contributed by atoms with van der Waals surface area (Å²) in [6.45, 7) is 2.49. The molecule has 1 atom stereocenters. The number of benzene rings is 1. The number of halogens is 1. The van der Waals surface area contributed by atoms with Crippen molar-refractivity contribution in [2.45, 2.75) is 32.5 Å². The third-order valence-electron chi connectivity index (χ3n) is 2.68. The van der Waals surface area contributed by atoms with Gasteiger partial charge in [0.05, 0.1) is 6.54 Å². The second kappa shape index (κ2) is 4.47. The van der Waals surface area contributed by atoms with Crippen molar-refractivity contribution in [3.8, 4) is 0 Å². The van der Waals surface area contributed by atoms with Gasteiger partial charge in [0.1, 0.15) is 6.17 Å². The Morgan fingerprint density at radius 2 is 2.07 bits per heavy atom. The molecule has 0 saturated carbocycles. The molecule has 15 heavy (non-hydrogen) atoms. The third kappa shape index (κ3) is 2.20. The molecule has 0 spiro atoms. The van der Waals surface area contributed by atoms with Gasteiger partial charge in [-0.1, -0.05) is 31.5 Å². The van der Waals surface area contributed by atoms with Crippen LogP contribution in [0.3, 0.4) is 0 Å². The van der Waals surface area contributed by atoms with Crippen LogP contribution in [0.1, 0.15) is 19.8 Å². The Balaban J connectivity index is 2.21. The maximum Gasteiger partial charge on any atom is 0.118 e. The number of para-hydroxylation sites is 1. The van der Waals surface area contributed by atoms with Gasteiger partial charge in [0, 0.05) is 11.7 Å². The first-order valence-electron chi connectivity index (χ1n) is 5.49. The second-order valence-corrected chi connectivity index (χ2v) is 3.91. The summed E-state index contributed by atoms with van der Waals surface area (Å²) in [5.74, 6) is 0. The number of hydrogen-bond donors (Lipinski definition) is 0. The number of fused-ring (bicyclic) bond motifs is 1. The summed E-state index contributed by atoms with van der Waals surface area (Å²) in [7, 11) is 0. The van der Waals surface area contributed by atoms with Gasteiger partial charge in [-0.25, -0.2) is 4.39 Å². The van der Waals surface area contributed by atoms with Crippen LogP contribution >= 0.6 is 0 Å². The van der Waals surface area contributed by atoms with Crippen LogP contribution in [0.15, 0.2) is 36.5 Å². The predicted molar refractivity (Wildman–Crippen MR) is 61.7 cm³/mol. The summed E-state index contributed by atoms with van der Waals surface area (Å²) in [4.78, 5) is 0.